The third kappa shape index (κ3) is 2.96. The number of aryl methyl sites for hydroxylation is 2. The predicted molar refractivity (Wildman–Crippen MR) is 71.7 cm³/mol. The van der Waals surface area contributed by atoms with Gasteiger partial charge in [0, 0.05) is 10.9 Å². The Bertz CT molecular complexity index is 599. The summed E-state index contributed by atoms with van der Waals surface area (Å²) < 4.78 is 5.86. The molecule has 2 rings (SSSR count). The molecule has 2 heterocycles. The number of aliphatic hydroxyl groups is 1. The molecule has 0 bridgehead atoms. The summed E-state index contributed by atoms with van der Waals surface area (Å²) in [5.41, 5.74) is 0.733. The Morgan fingerprint density at radius 1 is 1.58 bits per heavy atom. The van der Waals surface area contributed by atoms with Gasteiger partial charge in [-0.2, -0.15) is 0 Å². The lowest BCUT2D eigenvalue weighted by atomic mass is 10.3. The molecule has 1 N–H and O–H groups in total. The molecule has 0 aliphatic carbocycles. The number of rotatable bonds is 4. The van der Waals surface area contributed by atoms with E-state index in [9.17, 15) is 15.2 Å². The lowest BCUT2D eigenvalue weighted by Crippen LogP contribution is -1.87. The molecule has 0 fully saturated rings. The highest BCUT2D eigenvalue weighted by Crippen LogP contribution is 2.42. The zero-order valence-corrected chi connectivity index (χ0v) is 12.2. The maximum atomic E-state index is 11.0. The fourth-order valence-corrected chi connectivity index (χ4v) is 3.56. The highest BCUT2D eigenvalue weighted by Gasteiger charge is 2.23. The molecular weight excluding hydrogens is 288 g/mol. The van der Waals surface area contributed by atoms with Crippen molar-refractivity contribution in [2.75, 3.05) is 0 Å². The van der Waals surface area contributed by atoms with Crippen LogP contribution in [0.25, 0.3) is 0 Å². The minimum Gasteiger partial charge on any atom is -0.436 e. The summed E-state index contributed by atoms with van der Waals surface area (Å²) >= 11 is 2.28. The first-order valence-corrected chi connectivity index (χ1v) is 7.10. The maximum absolute atomic E-state index is 11.0. The molecule has 1 atom stereocenters. The highest BCUT2D eigenvalue weighted by atomic mass is 32.2. The van der Waals surface area contributed by atoms with Gasteiger partial charge in [0.15, 0.2) is 0 Å². The van der Waals surface area contributed by atoms with Crippen LogP contribution in [-0.4, -0.2) is 15.0 Å². The first-order chi connectivity index (χ1) is 8.88. The molecule has 0 aliphatic heterocycles. The highest BCUT2D eigenvalue weighted by molar-refractivity contribution is 8.01. The molecular formula is C11H12N2O4S2. The molecule has 2 aromatic rings. The van der Waals surface area contributed by atoms with Crippen LogP contribution in [0.3, 0.4) is 0 Å². The topological polar surface area (TPSA) is 89.4 Å². The largest absolute Gasteiger partial charge is 0.436 e. The number of thiophene rings is 1. The molecule has 6 nitrogen and oxygen atoms in total. The van der Waals surface area contributed by atoms with Gasteiger partial charge < -0.3 is 9.52 Å². The Morgan fingerprint density at radius 3 is 2.74 bits per heavy atom. The van der Waals surface area contributed by atoms with Crippen molar-refractivity contribution in [2.45, 2.75) is 36.3 Å². The molecule has 8 heteroatoms. The van der Waals surface area contributed by atoms with E-state index in [1.165, 1.54) is 17.4 Å². The lowest BCUT2D eigenvalue weighted by Gasteiger charge is -1.95. The van der Waals surface area contributed by atoms with Crippen LogP contribution >= 0.6 is 23.1 Å². The van der Waals surface area contributed by atoms with Crippen molar-refractivity contribution in [3.8, 4) is 0 Å². The summed E-state index contributed by atoms with van der Waals surface area (Å²) in [4.78, 5) is 15.2. The summed E-state index contributed by atoms with van der Waals surface area (Å²) in [6, 6.07) is 1.39. The molecule has 0 unspecified atom stereocenters. The second-order valence-electron chi connectivity index (χ2n) is 3.98. The van der Waals surface area contributed by atoms with E-state index in [2.05, 4.69) is 4.98 Å². The van der Waals surface area contributed by atoms with E-state index >= 15 is 0 Å². The summed E-state index contributed by atoms with van der Waals surface area (Å²) in [6.45, 7) is 5.17. The minimum atomic E-state index is -0.730. The van der Waals surface area contributed by atoms with Crippen LogP contribution in [0.2, 0.25) is 0 Å². The summed E-state index contributed by atoms with van der Waals surface area (Å²) in [5.74, 6) is 0.692. The van der Waals surface area contributed by atoms with Crippen LogP contribution in [-0.2, 0) is 0 Å². The Hall–Kier alpha value is -1.38. The van der Waals surface area contributed by atoms with Gasteiger partial charge in [-0.1, -0.05) is 0 Å². The Balaban J connectivity index is 2.35. The zero-order chi connectivity index (χ0) is 14.2. The van der Waals surface area contributed by atoms with Crippen molar-refractivity contribution in [3.05, 3.63) is 32.5 Å². The molecule has 0 saturated carbocycles. The molecule has 0 radical (unpaired) electrons. The molecule has 0 spiro atoms. The summed E-state index contributed by atoms with van der Waals surface area (Å²) in [5, 5.41) is 20.9. The second-order valence-corrected chi connectivity index (χ2v) is 6.28. The van der Waals surface area contributed by atoms with Gasteiger partial charge in [-0.25, -0.2) is 4.98 Å². The van der Waals surface area contributed by atoms with E-state index in [4.69, 9.17) is 4.42 Å². The maximum Gasteiger partial charge on any atom is 0.294 e. The zero-order valence-electron chi connectivity index (χ0n) is 10.5. The predicted octanol–water partition coefficient (Wildman–Crippen LogP) is 3.47. The number of hydrogen-bond acceptors (Lipinski definition) is 7. The number of hydrogen-bond donors (Lipinski definition) is 1. The van der Waals surface area contributed by atoms with Crippen molar-refractivity contribution >= 4 is 28.8 Å². The first kappa shape index (κ1) is 14.0. The Morgan fingerprint density at radius 2 is 2.26 bits per heavy atom. The molecule has 0 saturated heterocycles. The van der Waals surface area contributed by atoms with E-state index in [-0.39, 0.29) is 5.69 Å². The molecule has 0 aliphatic rings. The second kappa shape index (κ2) is 5.32. The lowest BCUT2D eigenvalue weighted by molar-refractivity contribution is -0.387. The molecule has 102 valence electrons. The third-order valence-electron chi connectivity index (χ3n) is 2.50. The molecule has 19 heavy (non-hydrogen) atoms. The van der Waals surface area contributed by atoms with Crippen LogP contribution < -0.4 is 0 Å². The summed E-state index contributed by atoms with van der Waals surface area (Å²) in [6.07, 6.45) is -0.730. The van der Waals surface area contributed by atoms with Gasteiger partial charge >= 0.3 is 0 Å². The van der Waals surface area contributed by atoms with Crippen molar-refractivity contribution in [1.82, 2.24) is 4.98 Å². The van der Waals surface area contributed by atoms with Crippen LogP contribution in [0.1, 0.15) is 29.4 Å². The van der Waals surface area contributed by atoms with Gasteiger partial charge in [0.2, 0.25) is 0 Å². The molecule has 0 amide bonds. The Labute approximate surface area is 117 Å². The normalized spacial score (nSPS) is 12.6. The van der Waals surface area contributed by atoms with Crippen LogP contribution in [0.4, 0.5) is 5.69 Å². The fourth-order valence-electron chi connectivity index (χ4n) is 1.35. The first-order valence-electron chi connectivity index (χ1n) is 5.46. The minimum absolute atomic E-state index is 0.0283. The van der Waals surface area contributed by atoms with E-state index in [0.717, 1.165) is 17.5 Å². The smallest absolute Gasteiger partial charge is 0.294 e. The SMILES string of the molecule is Cc1nc(Sc2sc([C@@H](C)O)cc2[N+](=O)[O-])oc1C. The van der Waals surface area contributed by atoms with Gasteiger partial charge in [0.05, 0.1) is 16.7 Å². The quantitative estimate of drug-likeness (QED) is 0.687. The number of aromatic nitrogens is 1. The van der Waals surface area contributed by atoms with E-state index < -0.39 is 11.0 Å². The van der Waals surface area contributed by atoms with Gasteiger partial charge in [0.25, 0.3) is 10.9 Å². The molecule has 2 aromatic heterocycles. The third-order valence-corrected chi connectivity index (χ3v) is 4.83. The number of oxazole rings is 1. The van der Waals surface area contributed by atoms with Crippen molar-refractivity contribution in [2.24, 2.45) is 0 Å². The van der Waals surface area contributed by atoms with Crippen molar-refractivity contribution < 1.29 is 14.4 Å². The van der Waals surface area contributed by atoms with Gasteiger partial charge in [-0.15, -0.1) is 11.3 Å². The van der Waals surface area contributed by atoms with Gasteiger partial charge in [-0.05, 0) is 32.5 Å². The van der Waals surface area contributed by atoms with Crippen LogP contribution in [0.15, 0.2) is 19.9 Å². The van der Waals surface area contributed by atoms with Crippen molar-refractivity contribution in [3.63, 3.8) is 0 Å². The number of nitrogens with zero attached hydrogens (tertiary/aromatic N) is 2. The van der Waals surface area contributed by atoms with E-state index in [0.29, 0.717) is 20.1 Å². The standard InChI is InChI=1S/C11H12N2O4S2/c1-5-7(3)17-11(12-5)19-10-8(13(15)16)4-9(18-10)6(2)14/h4,6,14H,1-3H3/t6-/m1/s1. The van der Waals surface area contributed by atoms with E-state index in [1.54, 1.807) is 13.8 Å². The average molecular weight is 300 g/mol. The van der Waals surface area contributed by atoms with Crippen LogP contribution in [0.5, 0.6) is 0 Å². The summed E-state index contributed by atoms with van der Waals surface area (Å²) in [7, 11) is 0. The van der Waals surface area contributed by atoms with E-state index in [1.807, 2.05) is 6.92 Å². The number of aliphatic hydroxyl groups excluding tert-OH is 1. The van der Waals surface area contributed by atoms with Crippen LogP contribution in [0, 0.1) is 24.0 Å². The van der Waals surface area contributed by atoms with Gasteiger partial charge in [-0.3, -0.25) is 10.1 Å². The fraction of sp³-hybridized carbons (Fsp3) is 0.364. The average Bonchev–Trinajstić information content (AvgIpc) is 2.84. The Kier molecular flexibility index (Phi) is 3.93. The molecule has 0 aromatic carbocycles. The van der Waals surface area contributed by atoms with Crippen molar-refractivity contribution in [1.29, 1.82) is 0 Å². The number of nitro groups is 1. The monoisotopic (exact) mass is 300 g/mol. The van der Waals surface area contributed by atoms with Gasteiger partial charge in [0.1, 0.15) is 9.97 Å².